The van der Waals surface area contributed by atoms with Crippen molar-refractivity contribution in [1.29, 1.82) is 0 Å². The molecule has 0 aromatic rings. The van der Waals surface area contributed by atoms with Gasteiger partial charge < -0.3 is 0 Å². The molecule has 0 atom stereocenters. The summed E-state index contributed by atoms with van der Waals surface area (Å²) in [5.74, 6) is 0. The maximum atomic E-state index is 2.57. The Hall–Kier alpha value is -0.420. The molecule has 4 nitrogen and oxygen atoms in total. The molecule has 4 saturated heterocycles. The number of hydrogen-bond donors (Lipinski definition) is 0. The summed E-state index contributed by atoms with van der Waals surface area (Å²) in [6.45, 7) is 10.7. The van der Waals surface area contributed by atoms with Crippen molar-refractivity contribution < 1.29 is 4.48 Å². The van der Waals surface area contributed by atoms with E-state index in [0.717, 1.165) is 6.42 Å². The molecule has 4 aliphatic rings. The van der Waals surface area contributed by atoms with Crippen LogP contribution >= 0.6 is 0 Å². The molecule has 0 spiro atoms. The van der Waals surface area contributed by atoms with Crippen molar-refractivity contribution in [2.24, 2.45) is 0 Å². The largest absolute Gasteiger partial charge is 0.283 e. The normalized spacial score (nSPS) is 47.9. The summed E-state index contributed by atoms with van der Waals surface area (Å²) in [5.41, 5.74) is 0. The molecular formula is C11H21N4+. The molecule has 0 saturated carbocycles. The maximum Gasteiger partial charge on any atom is 0.139 e. The Kier molecular flexibility index (Phi) is 2.32. The first-order chi connectivity index (χ1) is 7.30. The number of nitrogens with zero attached hydrogens (tertiary/aromatic N) is 4. The van der Waals surface area contributed by atoms with Gasteiger partial charge in [-0.3, -0.25) is 4.48 Å². The van der Waals surface area contributed by atoms with Crippen molar-refractivity contribution in [2.75, 3.05) is 46.6 Å². The standard InChI is InChI=1S/C11H21N4/c1-2-3-4-5-15-9-12-6-13(10-15)8-14(7-12)11-15/h3-4H,2,5-11H2,1H3/q+1. The van der Waals surface area contributed by atoms with Gasteiger partial charge in [0.15, 0.2) is 0 Å². The van der Waals surface area contributed by atoms with Crippen molar-refractivity contribution in [1.82, 2.24) is 14.7 Å². The van der Waals surface area contributed by atoms with E-state index in [0.29, 0.717) is 0 Å². The molecule has 0 amide bonds. The first-order valence-corrected chi connectivity index (χ1v) is 5.97. The van der Waals surface area contributed by atoms with Gasteiger partial charge in [0.05, 0.1) is 20.0 Å². The summed E-state index contributed by atoms with van der Waals surface area (Å²) in [6.07, 6.45) is 5.84. The Balaban J connectivity index is 1.72. The van der Waals surface area contributed by atoms with E-state index in [1.54, 1.807) is 0 Å². The van der Waals surface area contributed by atoms with E-state index in [2.05, 4.69) is 33.8 Å². The smallest absolute Gasteiger partial charge is 0.139 e. The summed E-state index contributed by atoms with van der Waals surface area (Å²) in [6, 6.07) is 0. The first kappa shape index (κ1) is 9.78. The number of rotatable bonds is 3. The Morgan fingerprint density at radius 1 is 0.933 bits per heavy atom. The van der Waals surface area contributed by atoms with Crippen molar-refractivity contribution in [3.8, 4) is 0 Å². The fourth-order valence-electron chi connectivity index (χ4n) is 3.30. The highest BCUT2D eigenvalue weighted by atomic mass is 15.7. The van der Waals surface area contributed by atoms with Crippen LogP contribution in [0.4, 0.5) is 0 Å². The highest BCUT2D eigenvalue weighted by molar-refractivity contribution is 4.83. The fourth-order valence-corrected chi connectivity index (χ4v) is 3.30. The third kappa shape index (κ3) is 1.72. The van der Waals surface area contributed by atoms with Gasteiger partial charge in [0.1, 0.15) is 26.6 Å². The molecule has 4 heteroatoms. The average Bonchev–Trinajstić information content (AvgIpc) is 2.15. The van der Waals surface area contributed by atoms with Gasteiger partial charge in [0.25, 0.3) is 0 Å². The van der Waals surface area contributed by atoms with Crippen LogP contribution in [0.1, 0.15) is 13.3 Å². The Morgan fingerprint density at radius 3 is 1.93 bits per heavy atom. The Bertz CT molecular complexity index is 238. The minimum absolute atomic E-state index is 1.16. The van der Waals surface area contributed by atoms with Gasteiger partial charge in [-0.15, -0.1) is 0 Å². The van der Waals surface area contributed by atoms with Crippen LogP contribution in [-0.2, 0) is 0 Å². The van der Waals surface area contributed by atoms with Gasteiger partial charge in [0, 0.05) is 0 Å². The molecule has 4 aliphatic heterocycles. The van der Waals surface area contributed by atoms with E-state index in [1.807, 2.05) is 0 Å². The quantitative estimate of drug-likeness (QED) is 0.494. The van der Waals surface area contributed by atoms with Crippen LogP contribution in [0.15, 0.2) is 12.2 Å². The zero-order valence-corrected chi connectivity index (χ0v) is 9.60. The van der Waals surface area contributed by atoms with Crippen molar-refractivity contribution in [3.63, 3.8) is 0 Å². The third-order valence-corrected chi connectivity index (χ3v) is 3.60. The predicted molar refractivity (Wildman–Crippen MR) is 59.3 cm³/mol. The van der Waals surface area contributed by atoms with E-state index in [1.165, 1.54) is 51.0 Å². The monoisotopic (exact) mass is 209 g/mol. The van der Waals surface area contributed by atoms with Crippen molar-refractivity contribution in [3.05, 3.63) is 12.2 Å². The van der Waals surface area contributed by atoms with E-state index >= 15 is 0 Å². The molecule has 0 aromatic carbocycles. The second-order valence-electron chi connectivity index (χ2n) is 5.26. The maximum absolute atomic E-state index is 2.57. The lowest BCUT2D eigenvalue weighted by atomic mass is 10.2. The van der Waals surface area contributed by atoms with Crippen LogP contribution < -0.4 is 0 Å². The lowest BCUT2D eigenvalue weighted by Gasteiger charge is -2.60. The van der Waals surface area contributed by atoms with Gasteiger partial charge in [-0.25, -0.2) is 14.7 Å². The van der Waals surface area contributed by atoms with Crippen LogP contribution in [-0.4, -0.2) is 65.7 Å². The first-order valence-electron chi connectivity index (χ1n) is 5.97. The van der Waals surface area contributed by atoms with Crippen LogP contribution in [0.3, 0.4) is 0 Å². The predicted octanol–water partition coefficient (Wildman–Crippen LogP) is 0.461. The second-order valence-corrected chi connectivity index (χ2v) is 5.26. The van der Waals surface area contributed by atoms with E-state index in [-0.39, 0.29) is 0 Å². The molecule has 0 N–H and O–H groups in total. The van der Waals surface area contributed by atoms with Crippen LogP contribution in [0.25, 0.3) is 0 Å². The summed E-state index contributed by atoms with van der Waals surface area (Å²) in [5, 5.41) is 0. The molecule has 0 radical (unpaired) electrons. The van der Waals surface area contributed by atoms with Crippen molar-refractivity contribution in [2.45, 2.75) is 13.3 Å². The van der Waals surface area contributed by atoms with Gasteiger partial charge in [-0.05, 0) is 12.5 Å². The lowest BCUT2D eigenvalue weighted by molar-refractivity contribution is -0.975. The topological polar surface area (TPSA) is 9.72 Å². The fraction of sp³-hybridized carbons (Fsp3) is 0.818. The van der Waals surface area contributed by atoms with Crippen molar-refractivity contribution >= 4 is 0 Å². The molecule has 0 unspecified atom stereocenters. The molecule has 4 bridgehead atoms. The van der Waals surface area contributed by atoms with Crippen LogP contribution in [0.5, 0.6) is 0 Å². The molecule has 4 rings (SSSR count). The molecule has 4 heterocycles. The van der Waals surface area contributed by atoms with Crippen LogP contribution in [0.2, 0.25) is 0 Å². The Labute approximate surface area is 91.9 Å². The summed E-state index contributed by atoms with van der Waals surface area (Å²) < 4.78 is 1.23. The Morgan fingerprint density at radius 2 is 1.47 bits per heavy atom. The highest BCUT2D eigenvalue weighted by Gasteiger charge is 2.47. The minimum atomic E-state index is 1.16. The molecule has 0 aliphatic carbocycles. The van der Waals surface area contributed by atoms with Gasteiger partial charge >= 0.3 is 0 Å². The van der Waals surface area contributed by atoms with E-state index in [4.69, 9.17) is 0 Å². The van der Waals surface area contributed by atoms with Gasteiger partial charge in [0.2, 0.25) is 0 Å². The zero-order chi connectivity index (χ0) is 10.3. The van der Waals surface area contributed by atoms with Gasteiger partial charge in [-0.1, -0.05) is 13.0 Å². The average molecular weight is 209 g/mol. The summed E-state index contributed by atoms with van der Waals surface area (Å²) >= 11 is 0. The molecule has 0 aromatic heterocycles. The van der Waals surface area contributed by atoms with E-state index in [9.17, 15) is 0 Å². The zero-order valence-electron chi connectivity index (χ0n) is 9.60. The number of allylic oxidation sites excluding steroid dienone is 1. The van der Waals surface area contributed by atoms with E-state index < -0.39 is 0 Å². The molecular weight excluding hydrogens is 188 g/mol. The van der Waals surface area contributed by atoms with Gasteiger partial charge in [-0.2, -0.15) is 0 Å². The number of quaternary nitrogens is 1. The summed E-state index contributed by atoms with van der Waals surface area (Å²) in [7, 11) is 0. The molecule has 4 fully saturated rings. The summed E-state index contributed by atoms with van der Waals surface area (Å²) in [4.78, 5) is 7.70. The minimum Gasteiger partial charge on any atom is -0.283 e. The number of hydrogen-bond acceptors (Lipinski definition) is 3. The highest BCUT2D eigenvalue weighted by Crippen LogP contribution is 2.28. The SMILES string of the molecule is CCC=CC[N+]12CN3CN(CN(C3)C1)C2. The molecule has 15 heavy (non-hydrogen) atoms. The second kappa shape index (κ2) is 3.56. The molecule has 84 valence electrons. The third-order valence-electron chi connectivity index (χ3n) is 3.60. The lowest BCUT2D eigenvalue weighted by Crippen LogP contribution is -2.79. The van der Waals surface area contributed by atoms with Crippen LogP contribution in [0, 0.1) is 0 Å².